The molecule has 0 amide bonds. The van der Waals surface area contributed by atoms with E-state index in [2.05, 4.69) is 9.88 Å². The Labute approximate surface area is 132 Å². The lowest BCUT2D eigenvalue weighted by Crippen LogP contribution is -2.46. The smallest absolute Gasteiger partial charge is 0.323 e. The number of rotatable bonds is 6. The molecule has 1 aromatic rings. The number of aliphatic hydroxyl groups is 1. The van der Waals surface area contributed by atoms with Gasteiger partial charge in [0, 0.05) is 19.4 Å². The Morgan fingerprint density at radius 3 is 2.64 bits per heavy atom. The zero-order valence-electron chi connectivity index (χ0n) is 13.7. The van der Waals surface area contributed by atoms with Gasteiger partial charge in [-0.1, -0.05) is 6.92 Å². The van der Waals surface area contributed by atoms with E-state index >= 15 is 0 Å². The molecule has 0 saturated carbocycles. The number of piperidine rings is 1. The first-order valence-corrected chi connectivity index (χ1v) is 8.14. The number of aliphatic hydroxyl groups excluding tert-OH is 1. The highest BCUT2D eigenvalue weighted by atomic mass is 16.5. The molecule has 0 radical (unpaired) electrons. The number of imidazole rings is 1. The van der Waals surface area contributed by atoms with E-state index in [1.807, 2.05) is 31.7 Å². The van der Waals surface area contributed by atoms with E-state index in [9.17, 15) is 9.90 Å². The predicted molar refractivity (Wildman–Crippen MR) is 83.2 cm³/mol. The third-order valence-electron chi connectivity index (χ3n) is 4.53. The maximum Gasteiger partial charge on any atom is 0.323 e. The molecule has 22 heavy (non-hydrogen) atoms. The summed E-state index contributed by atoms with van der Waals surface area (Å²) in [5, 5.41) is 10.5. The van der Waals surface area contributed by atoms with Crippen LogP contribution < -0.4 is 0 Å². The predicted octanol–water partition coefficient (Wildman–Crippen LogP) is 1.51. The lowest BCUT2D eigenvalue weighted by atomic mass is 9.90. The van der Waals surface area contributed by atoms with Crippen LogP contribution in [0.1, 0.15) is 45.0 Å². The average Bonchev–Trinajstić information content (AvgIpc) is 2.94. The van der Waals surface area contributed by atoms with Crippen molar-refractivity contribution in [3.63, 3.8) is 0 Å². The maximum atomic E-state index is 12.0. The first kappa shape index (κ1) is 17.0. The van der Waals surface area contributed by atoms with Gasteiger partial charge in [0.1, 0.15) is 18.0 Å². The van der Waals surface area contributed by atoms with Crippen molar-refractivity contribution in [2.75, 3.05) is 19.7 Å². The Kier molecular flexibility index (Phi) is 5.97. The summed E-state index contributed by atoms with van der Waals surface area (Å²) in [5.41, 5.74) is 0. The summed E-state index contributed by atoms with van der Waals surface area (Å²) in [6, 6.07) is -0.161. The molecule has 1 aliphatic rings. The summed E-state index contributed by atoms with van der Waals surface area (Å²) in [6.45, 7) is 5.88. The summed E-state index contributed by atoms with van der Waals surface area (Å²) in [7, 11) is 1.90. The Morgan fingerprint density at radius 2 is 2.14 bits per heavy atom. The van der Waals surface area contributed by atoms with Gasteiger partial charge in [0.25, 0.3) is 0 Å². The molecule has 1 saturated heterocycles. The van der Waals surface area contributed by atoms with Gasteiger partial charge in [0.05, 0.1) is 6.61 Å². The topological polar surface area (TPSA) is 67.6 Å². The third-order valence-corrected chi connectivity index (χ3v) is 4.53. The molecule has 2 unspecified atom stereocenters. The van der Waals surface area contributed by atoms with Crippen molar-refractivity contribution in [2.24, 2.45) is 13.0 Å². The Balaban J connectivity index is 1.92. The van der Waals surface area contributed by atoms with Crippen LogP contribution in [0.3, 0.4) is 0 Å². The average molecular weight is 309 g/mol. The highest BCUT2D eigenvalue weighted by Gasteiger charge is 2.33. The van der Waals surface area contributed by atoms with Crippen LogP contribution in [0.4, 0.5) is 0 Å². The summed E-state index contributed by atoms with van der Waals surface area (Å²) >= 11 is 0. The molecule has 1 aliphatic heterocycles. The summed E-state index contributed by atoms with van der Waals surface area (Å²) < 4.78 is 7.02. The quantitative estimate of drug-likeness (QED) is 0.807. The van der Waals surface area contributed by atoms with Crippen LogP contribution in [0, 0.1) is 5.92 Å². The van der Waals surface area contributed by atoms with Gasteiger partial charge >= 0.3 is 5.97 Å². The van der Waals surface area contributed by atoms with Gasteiger partial charge in [0.15, 0.2) is 0 Å². The number of likely N-dealkylation sites (tertiary alicyclic amines) is 1. The highest BCUT2D eigenvalue weighted by Crippen LogP contribution is 2.30. The number of hydrogen-bond acceptors (Lipinski definition) is 5. The zero-order valence-corrected chi connectivity index (χ0v) is 13.7. The van der Waals surface area contributed by atoms with Crippen LogP contribution >= 0.6 is 0 Å². The molecule has 124 valence electrons. The molecule has 1 N–H and O–H groups in total. The highest BCUT2D eigenvalue weighted by molar-refractivity contribution is 5.75. The van der Waals surface area contributed by atoms with E-state index in [1.54, 1.807) is 6.20 Å². The van der Waals surface area contributed by atoms with Gasteiger partial charge in [-0.15, -0.1) is 0 Å². The monoisotopic (exact) mass is 309 g/mol. The molecule has 6 nitrogen and oxygen atoms in total. The second-order valence-electron chi connectivity index (χ2n) is 5.89. The fraction of sp³-hybridized carbons (Fsp3) is 0.750. The number of nitrogens with zero attached hydrogens (tertiary/aromatic N) is 3. The van der Waals surface area contributed by atoms with Crippen molar-refractivity contribution < 1.29 is 14.6 Å². The molecule has 0 aromatic carbocycles. The van der Waals surface area contributed by atoms with Crippen LogP contribution in [-0.4, -0.2) is 51.3 Å². The minimum Gasteiger partial charge on any atom is -0.465 e. The number of carbonyl (C=O) groups is 1. The van der Waals surface area contributed by atoms with E-state index < -0.39 is 6.10 Å². The second-order valence-corrected chi connectivity index (χ2v) is 5.89. The summed E-state index contributed by atoms with van der Waals surface area (Å²) in [5.74, 6) is 0.779. The molecular weight excluding hydrogens is 282 g/mol. The minimum atomic E-state index is -0.537. The molecule has 2 heterocycles. The standard InChI is InChI=1S/C16H27N3O3/c1-4-13(16(21)22-5-2)19-9-6-12(7-10-19)14(20)15-17-8-11-18(15)3/h8,11-14,20H,4-7,9-10H2,1-3H3. The fourth-order valence-corrected chi connectivity index (χ4v) is 3.23. The lowest BCUT2D eigenvalue weighted by molar-refractivity contribution is -0.150. The molecule has 2 rings (SSSR count). The third kappa shape index (κ3) is 3.67. The molecular formula is C16H27N3O3. The van der Waals surface area contributed by atoms with E-state index in [-0.39, 0.29) is 17.9 Å². The summed E-state index contributed by atoms with van der Waals surface area (Å²) in [4.78, 5) is 18.4. The number of hydrogen-bond donors (Lipinski definition) is 1. The van der Waals surface area contributed by atoms with Crippen molar-refractivity contribution in [3.05, 3.63) is 18.2 Å². The summed E-state index contributed by atoms with van der Waals surface area (Å²) in [6.07, 6.45) is 5.51. The number of aryl methyl sites for hydroxylation is 1. The molecule has 1 aromatic heterocycles. The largest absolute Gasteiger partial charge is 0.465 e. The fourth-order valence-electron chi connectivity index (χ4n) is 3.23. The van der Waals surface area contributed by atoms with Crippen molar-refractivity contribution in [1.82, 2.24) is 14.5 Å². The first-order chi connectivity index (χ1) is 10.6. The minimum absolute atomic E-state index is 0.131. The van der Waals surface area contributed by atoms with Crippen LogP contribution in [0.5, 0.6) is 0 Å². The Hall–Kier alpha value is -1.40. The number of carbonyl (C=O) groups excluding carboxylic acids is 1. The van der Waals surface area contributed by atoms with E-state index in [0.717, 1.165) is 38.2 Å². The lowest BCUT2D eigenvalue weighted by Gasteiger charge is -2.37. The van der Waals surface area contributed by atoms with E-state index in [1.165, 1.54) is 0 Å². The van der Waals surface area contributed by atoms with Gasteiger partial charge in [0.2, 0.25) is 0 Å². The van der Waals surface area contributed by atoms with Crippen molar-refractivity contribution in [2.45, 2.75) is 45.3 Å². The molecule has 2 atom stereocenters. The van der Waals surface area contributed by atoms with Crippen LogP contribution in [0.15, 0.2) is 12.4 Å². The zero-order chi connectivity index (χ0) is 16.1. The Bertz CT molecular complexity index is 481. The molecule has 0 aliphatic carbocycles. The van der Waals surface area contributed by atoms with Gasteiger partial charge in [-0.3, -0.25) is 9.69 Å². The van der Waals surface area contributed by atoms with Crippen molar-refractivity contribution in [1.29, 1.82) is 0 Å². The maximum absolute atomic E-state index is 12.0. The van der Waals surface area contributed by atoms with Gasteiger partial charge < -0.3 is 14.4 Å². The number of esters is 1. The normalized spacial score (nSPS) is 19.8. The van der Waals surface area contributed by atoms with Crippen LogP contribution in [0.2, 0.25) is 0 Å². The number of aromatic nitrogens is 2. The number of ether oxygens (including phenoxy) is 1. The second kappa shape index (κ2) is 7.74. The van der Waals surface area contributed by atoms with Crippen LogP contribution in [0.25, 0.3) is 0 Å². The van der Waals surface area contributed by atoms with Crippen molar-refractivity contribution in [3.8, 4) is 0 Å². The van der Waals surface area contributed by atoms with E-state index in [0.29, 0.717) is 6.61 Å². The van der Waals surface area contributed by atoms with Crippen LogP contribution in [-0.2, 0) is 16.6 Å². The molecule has 0 spiro atoms. The molecule has 0 bridgehead atoms. The SMILES string of the molecule is CCOC(=O)C(CC)N1CCC(C(O)c2nccn2C)CC1. The van der Waals surface area contributed by atoms with Gasteiger partial charge in [-0.2, -0.15) is 0 Å². The van der Waals surface area contributed by atoms with E-state index in [4.69, 9.17) is 4.74 Å². The first-order valence-electron chi connectivity index (χ1n) is 8.14. The molecule has 1 fully saturated rings. The van der Waals surface area contributed by atoms with Gasteiger partial charge in [-0.05, 0) is 45.2 Å². The van der Waals surface area contributed by atoms with Crippen molar-refractivity contribution >= 4 is 5.97 Å². The molecule has 6 heteroatoms. The van der Waals surface area contributed by atoms with Gasteiger partial charge in [-0.25, -0.2) is 4.98 Å². The Morgan fingerprint density at radius 1 is 1.45 bits per heavy atom.